The lowest BCUT2D eigenvalue weighted by Crippen LogP contribution is -2.42. The maximum absolute atomic E-state index is 11.5. The Labute approximate surface area is 112 Å². The average molecular weight is 261 g/mol. The number of morpholine rings is 1. The first kappa shape index (κ1) is 12.6. The van der Waals surface area contributed by atoms with Gasteiger partial charge in [0, 0.05) is 25.2 Å². The highest BCUT2D eigenvalue weighted by Gasteiger charge is 2.33. The van der Waals surface area contributed by atoms with E-state index in [2.05, 4.69) is 10.3 Å². The van der Waals surface area contributed by atoms with Gasteiger partial charge in [-0.2, -0.15) is 0 Å². The molecule has 0 spiro atoms. The van der Waals surface area contributed by atoms with Crippen molar-refractivity contribution in [2.75, 3.05) is 13.1 Å². The molecule has 19 heavy (non-hydrogen) atoms. The Bertz CT molecular complexity index is 466. The number of rotatable bonds is 3. The molecular formula is C14H19N3O2. The number of benzene rings is 1. The van der Waals surface area contributed by atoms with Gasteiger partial charge in [-0.25, -0.2) is 5.84 Å². The molecule has 2 heterocycles. The summed E-state index contributed by atoms with van der Waals surface area (Å²) in [6, 6.07) is 7.62. The monoisotopic (exact) mass is 261 g/mol. The molecule has 1 aromatic carbocycles. The molecule has 2 aliphatic rings. The lowest BCUT2D eigenvalue weighted by atomic mass is 10.1. The number of carbonyl (C=O) groups is 1. The third-order valence-electron chi connectivity index (χ3n) is 3.85. The van der Waals surface area contributed by atoms with Crippen LogP contribution in [0.2, 0.25) is 0 Å². The van der Waals surface area contributed by atoms with Gasteiger partial charge in [-0.1, -0.05) is 12.1 Å². The molecule has 3 rings (SSSR count). The number of carbonyl (C=O) groups excluding carboxylic acids is 1. The summed E-state index contributed by atoms with van der Waals surface area (Å²) in [5.74, 6) is 4.91. The number of amides is 1. The second kappa shape index (κ2) is 5.28. The minimum atomic E-state index is -0.246. The minimum absolute atomic E-state index is 0.246. The highest BCUT2D eigenvalue weighted by atomic mass is 16.5. The topological polar surface area (TPSA) is 67.6 Å². The van der Waals surface area contributed by atoms with Crippen LogP contribution in [-0.2, 0) is 11.3 Å². The van der Waals surface area contributed by atoms with Crippen LogP contribution in [0, 0.1) is 0 Å². The summed E-state index contributed by atoms with van der Waals surface area (Å²) in [6.07, 6.45) is 3.15. The van der Waals surface area contributed by atoms with Crippen LogP contribution in [0.15, 0.2) is 24.3 Å². The predicted octanol–water partition coefficient (Wildman–Crippen LogP) is 0.653. The molecule has 5 nitrogen and oxygen atoms in total. The van der Waals surface area contributed by atoms with E-state index >= 15 is 0 Å². The smallest absolute Gasteiger partial charge is 0.265 e. The van der Waals surface area contributed by atoms with Crippen LogP contribution in [-0.4, -0.2) is 36.1 Å². The van der Waals surface area contributed by atoms with Crippen LogP contribution in [0.3, 0.4) is 0 Å². The third kappa shape index (κ3) is 2.78. The second-order valence-corrected chi connectivity index (χ2v) is 5.33. The van der Waals surface area contributed by atoms with E-state index in [0.29, 0.717) is 17.8 Å². The van der Waals surface area contributed by atoms with Gasteiger partial charge < -0.3 is 4.74 Å². The van der Waals surface area contributed by atoms with Crippen molar-refractivity contribution >= 4 is 5.91 Å². The number of nitrogen functional groups attached to an aromatic ring is 1. The number of hydrogen-bond donors (Lipinski definition) is 2. The summed E-state index contributed by atoms with van der Waals surface area (Å²) in [5.41, 5.74) is 3.91. The van der Waals surface area contributed by atoms with Crippen molar-refractivity contribution in [3.63, 3.8) is 0 Å². The molecule has 0 aromatic heterocycles. The van der Waals surface area contributed by atoms with Crippen molar-refractivity contribution in [3.8, 4) is 0 Å². The molecule has 2 aliphatic heterocycles. The van der Waals surface area contributed by atoms with Gasteiger partial charge in [0.25, 0.3) is 5.91 Å². The van der Waals surface area contributed by atoms with E-state index in [-0.39, 0.29) is 5.91 Å². The number of nitrogens with zero attached hydrogens (tertiary/aromatic N) is 1. The zero-order valence-electron chi connectivity index (χ0n) is 10.8. The summed E-state index contributed by atoms with van der Waals surface area (Å²) >= 11 is 0. The third-order valence-corrected chi connectivity index (χ3v) is 3.85. The van der Waals surface area contributed by atoms with Crippen LogP contribution in [0.4, 0.5) is 0 Å². The van der Waals surface area contributed by atoms with Crippen molar-refractivity contribution < 1.29 is 9.53 Å². The first-order valence-electron chi connectivity index (χ1n) is 6.72. The van der Waals surface area contributed by atoms with E-state index in [1.54, 1.807) is 6.07 Å². The number of nitrogens with one attached hydrogen (secondary N) is 1. The van der Waals surface area contributed by atoms with Crippen molar-refractivity contribution in [2.24, 2.45) is 5.84 Å². The Hall–Kier alpha value is -1.43. The molecule has 0 saturated carbocycles. The summed E-state index contributed by atoms with van der Waals surface area (Å²) in [5, 5.41) is 0. The Morgan fingerprint density at radius 1 is 1.37 bits per heavy atom. The van der Waals surface area contributed by atoms with Crippen LogP contribution in [0.5, 0.6) is 0 Å². The number of likely N-dealkylation sites (tertiary alicyclic amines) is 1. The number of hydrogen-bond acceptors (Lipinski definition) is 4. The van der Waals surface area contributed by atoms with Crippen molar-refractivity contribution in [1.82, 2.24) is 10.3 Å². The zero-order valence-corrected chi connectivity index (χ0v) is 10.8. The first-order chi connectivity index (χ1) is 9.24. The zero-order chi connectivity index (χ0) is 13.2. The van der Waals surface area contributed by atoms with E-state index in [1.807, 2.05) is 18.2 Å². The van der Waals surface area contributed by atoms with E-state index in [0.717, 1.165) is 25.2 Å². The van der Waals surface area contributed by atoms with Gasteiger partial charge in [-0.3, -0.25) is 15.1 Å². The Balaban J connectivity index is 1.68. The quantitative estimate of drug-likeness (QED) is 0.476. The molecule has 5 heteroatoms. The molecular weight excluding hydrogens is 242 g/mol. The van der Waals surface area contributed by atoms with Crippen LogP contribution in [0.25, 0.3) is 0 Å². The molecule has 0 radical (unpaired) electrons. The molecule has 2 bridgehead atoms. The Morgan fingerprint density at radius 3 is 2.79 bits per heavy atom. The van der Waals surface area contributed by atoms with E-state index in [1.165, 1.54) is 12.8 Å². The van der Waals surface area contributed by atoms with Crippen LogP contribution in [0.1, 0.15) is 28.8 Å². The standard InChI is InChI=1S/C14H19N3O2/c15-16-14(18)11-3-1-2-10(6-11)7-17-8-12-4-5-13(9-17)19-12/h1-3,6,12-13H,4-5,7-9,15H2,(H,16,18). The van der Waals surface area contributed by atoms with Gasteiger partial charge in [0.15, 0.2) is 0 Å². The van der Waals surface area contributed by atoms with E-state index < -0.39 is 0 Å². The molecule has 1 amide bonds. The van der Waals surface area contributed by atoms with Gasteiger partial charge in [-0.15, -0.1) is 0 Å². The Kier molecular flexibility index (Phi) is 3.50. The average Bonchev–Trinajstić information content (AvgIpc) is 2.77. The summed E-state index contributed by atoms with van der Waals surface area (Å²) in [4.78, 5) is 13.9. The highest BCUT2D eigenvalue weighted by molar-refractivity contribution is 5.93. The summed E-state index contributed by atoms with van der Waals surface area (Å²) < 4.78 is 5.82. The molecule has 3 N–H and O–H groups in total. The normalized spacial score (nSPS) is 26.4. The predicted molar refractivity (Wildman–Crippen MR) is 71.3 cm³/mol. The number of ether oxygens (including phenoxy) is 1. The van der Waals surface area contributed by atoms with Gasteiger partial charge in [0.1, 0.15) is 0 Å². The van der Waals surface area contributed by atoms with Crippen molar-refractivity contribution in [2.45, 2.75) is 31.6 Å². The summed E-state index contributed by atoms with van der Waals surface area (Å²) in [6.45, 7) is 2.84. The Morgan fingerprint density at radius 2 is 2.11 bits per heavy atom. The lowest BCUT2D eigenvalue weighted by molar-refractivity contribution is -0.0410. The lowest BCUT2D eigenvalue weighted by Gasteiger charge is -2.32. The number of hydrazine groups is 1. The molecule has 0 aliphatic carbocycles. The van der Waals surface area contributed by atoms with Crippen molar-refractivity contribution in [3.05, 3.63) is 35.4 Å². The van der Waals surface area contributed by atoms with Gasteiger partial charge >= 0.3 is 0 Å². The largest absolute Gasteiger partial charge is 0.372 e. The second-order valence-electron chi connectivity index (χ2n) is 5.33. The fourth-order valence-corrected chi connectivity index (χ4v) is 2.98. The summed E-state index contributed by atoms with van der Waals surface area (Å²) in [7, 11) is 0. The molecule has 2 unspecified atom stereocenters. The van der Waals surface area contributed by atoms with Gasteiger partial charge in [-0.05, 0) is 30.5 Å². The molecule has 1 aromatic rings. The fraction of sp³-hybridized carbons (Fsp3) is 0.500. The molecule has 2 saturated heterocycles. The minimum Gasteiger partial charge on any atom is -0.372 e. The maximum Gasteiger partial charge on any atom is 0.265 e. The molecule has 102 valence electrons. The molecule has 2 fully saturated rings. The van der Waals surface area contributed by atoms with Crippen molar-refractivity contribution in [1.29, 1.82) is 0 Å². The van der Waals surface area contributed by atoms with Crippen LogP contribution < -0.4 is 11.3 Å². The highest BCUT2D eigenvalue weighted by Crippen LogP contribution is 2.27. The van der Waals surface area contributed by atoms with Crippen LogP contribution >= 0.6 is 0 Å². The van der Waals surface area contributed by atoms with E-state index in [9.17, 15) is 4.79 Å². The SMILES string of the molecule is NNC(=O)c1cccc(CN2CC3CCC(C2)O3)c1. The van der Waals surface area contributed by atoms with E-state index in [4.69, 9.17) is 10.6 Å². The number of fused-ring (bicyclic) bond motifs is 2. The van der Waals surface area contributed by atoms with Gasteiger partial charge in [0.2, 0.25) is 0 Å². The first-order valence-corrected chi connectivity index (χ1v) is 6.72. The number of nitrogens with two attached hydrogens (primary N) is 1. The maximum atomic E-state index is 11.5. The molecule has 2 atom stereocenters. The van der Waals surface area contributed by atoms with Gasteiger partial charge in [0.05, 0.1) is 12.2 Å². The fourth-order valence-electron chi connectivity index (χ4n) is 2.98.